The molecule has 0 bridgehead atoms. The second-order valence-corrected chi connectivity index (χ2v) is 6.16. The molecule has 4 nitrogen and oxygen atoms in total. The molecule has 24 heavy (non-hydrogen) atoms. The highest BCUT2D eigenvalue weighted by Gasteiger charge is 2.23. The molecule has 0 radical (unpaired) electrons. The van der Waals surface area contributed by atoms with Crippen molar-refractivity contribution < 1.29 is 5.82 Å². The average Bonchev–Trinajstić information content (AvgIpc) is 3.29. The van der Waals surface area contributed by atoms with E-state index in [1.165, 1.54) is 6.07 Å². The van der Waals surface area contributed by atoms with Gasteiger partial charge in [0, 0.05) is 30.9 Å². The first kappa shape index (κ1) is 13.5. The summed E-state index contributed by atoms with van der Waals surface area (Å²) in [7, 11) is 0. The number of fused-ring (bicyclic) bond motifs is 2. The van der Waals surface area contributed by atoms with Crippen molar-refractivity contribution in [3.63, 3.8) is 0 Å². The molecule has 120 valence electrons. The van der Waals surface area contributed by atoms with Gasteiger partial charge in [-0.1, -0.05) is 18.2 Å². The summed E-state index contributed by atoms with van der Waals surface area (Å²) in [5.41, 5.74) is 4.83. The van der Waals surface area contributed by atoms with E-state index in [0.717, 1.165) is 58.6 Å². The number of imidazole rings is 1. The first-order valence-electron chi connectivity index (χ1n) is 8.08. The maximum absolute atomic E-state index is 13.7. The molecule has 2 aromatic carbocycles. The maximum Gasteiger partial charge on any atom is 0.123 e. The number of halogens is 1. The summed E-state index contributed by atoms with van der Waals surface area (Å²) in [5.74, 6) is 0.841. The molecule has 0 unspecified atom stereocenters. The summed E-state index contributed by atoms with van der Waals surface area (Å²) in [4.78, 5) is 4.82. The predicted molar refractivity (Wildman–Crippen MR) is 93.1 cm³/mol. The summed E-state index contributed by atoms with van der Waals surface area (Å²) in [5, 5.41) is 8.13. The van der Waals surface area contributed by atoms with Gasteiger partial charge in [0.25, 0.3) is 0 Å². The number of aromatic nitrogens is 4. The molecule has 1 aliphatic heterocycles. The highest BCUT2D eigenvalue weighted by atomic mass is 19.1. The Morgan fingerprint density at radius 3 is 3.00 bits per heavy atom. The van der Waals surface area contributed by atoms with E-state index in [9.17, 15) is 4.39 Å². The van der Waals surface area contributed by atoms with Gasteiger partial charge in [-0.25, -0.2) is 9.37 Å². The minimum absolute atomic E-state index is 0. The van der Waals surface area contributed by atoms with E-state index in [-0.39, 0.29) is 7.24 Å². The van der Waals surface area contributed by atoms with Crippen LogP contribution >= 0.6 is 0 Å². The fourth-order valence-electron chi connectivity index (χ4n) is 3.55. The number of nitrogens with one attached hydrogen (secondary N) is 1. The van der Waals surface area contributed by atoms with Crippen LogP contribution in [0.1, 0.15) is 13.7 Å². The third kappa shape index (κ3) is 1.98. The van der Waals surface area contributed by atoms with Crippen LogP contribution in [-0.4, -0.2) is 19.7 Å². The summed E-state index contributed by atoms with van der Waals surface area (Å²) < 4.78 is 16.0. The lowest BCUT2D eigenvalue weighted by Crippen LogP contribution is -1.96. The van der Waals surface area contributed by atoms with Crippen molar-refractivity contribution >= 4 is 10.9 Å². The van der Waals surface area contributed by atoms with Crippen LogP contribution in [0.15, 0.2) is 48.7 Å². The molecule has 2 aromatic heterocycles. The highest BCUT2D eigenvalue weighted by molar-refractivity contribution is 5.87. The second-order valence-electron chi connectivity index (χ2n) is 6.16. The molecular formula is C19H17FN4. The molecule has 5 rings (SSSR count). The molecule has 4 aromatic rings. The van der Waals surface area contributed by atoms with E-state index in [1.807, 2.05) is 18.3 Å². The number of rotatable bonds is 2. The van der Waals surface area contributed by atoms with Crippen LogP contribution in [0, 0.1) is 5.82 Å². The summed E-state index contributed by atoms with van der Waals surface area (Å²) in [6.07, 6.45) is 3.89. The summed E-state index contributed by atoms with van der Waals surface area (Å²) in [6, 6.07) is 12.9. The quantitative estimate of drug-likeness (QED) is 0.594. The fourth-order valence-corrected chi connectivity index (χ4v) is 3.55. The zero-order chi connectivity index (χ0) is 16.1. The zero-order valence-electron chi connectivity index (χ0n) is 13.0. The molecule has 5 heteroatoms. The SMILES string of the molecule is Fc1cccc(-c2nc3n(c2-c2ccc4[nH]ncc4c2)CCC3)c1.[HH]. The van der Waals surface area contributed by atoms with Crippen LogP contribution < -0.4 is 0 Å². The van der Waals surface area contributed by atoms with Gasteiger partial charge in [-0.15, -0.1) is 0 Å². The molecule has 0 spiro atoms. The van der Waals surface area contributed by atoms with Crippen LogP contribution in [0.2, 0.25) is 0 Å². The van der Waals surface area contributed by atoms with E-state index < -0.39 is 0 Å². The molecule has 0 amide bonds. The van der Waals surface area contributed by atoms with Gasteiger partial charge in [0.1, 0.15) is 11.6 Å². The van der Waals surface area contributed by atoms with Gasteiger partial charge in [0.2, 0.25) is 0 Å². The minimum atomic E-state index is -0.239. The Hall–Kier alpha value is -2.95. The number of aryl methyl sites for hydroxylation is 1. The fraction of sp³-hybridized carbons (Fsp3) is 0.158. The van der Waals surface area contributed by atoms with Crippen molar-refractivity contribution in [2.45, 2.75) is 19.4 Å². The molecule has 0 saturated carbocycles. The standard InChI is InChI=1S/C19H15FN4.H2/c20-15-4-1-3-12(10-15)18-19(24-8-2-5-17(24)22-18)13-6-7-16-14(9-13)11-21-23-16;/h1,3-4,6-7,9-11H,2,5,8H2,(H,21,23);1H. The lowest BCUT2D eigenvalue weighted by atomic mass is 10.0. The Bertz CT molecular complexity index is 1070. The molecule has 3 heterocycles. The maximum atomic E-state index is 13.7. The van der Waals surface area contributed by atoms with Crippen molar-refractivity contribution in [3.8, 4) is 22.5 Å². The van der Waals surface area contributed by atoms with Crippen LogP contribution in [0.25, 0.3) is 33.4 Å². The second kappa shape index (κ2) is 5.03. The first-order valence-corrected chi connectivity index (χ1v) is 8.08. The number of hydrogen-bond donors (Lipinski definition) is 1. The summed E-state index contributed by atoms with van der Waals surface area (Å²) in [6.45, 7) is 0.955. The van der Waals surface area contributed by atoms with Gasteiger partial charge >= 0.3 is 0 Å². The van der Waals surface area contributed by atoms with E-state index in [1.54, 1.807) is 12.1 Å². The number of aromatic amines is 1. The number of nitrogens with zero attached hydrogens (tertiary/aromatic N) is 3. The van der Waals surface area contributed by atoms with Gasteiger partial charge < -0.3 is 4.57 Å². The molecular weight excluding hydrogens is 303 g/mol. The smallest absolute Gasteiger partial charge is 0.123 e. The molecule has 0 fully saturated rings. The van der Waals surface area contributed by atoms with Gasteiger partial charge in [0.15, 0.2) is 0 Å². The monoisotopic (exact) mass is 320 g/mol. The number of benzene rings is 2. The van der Waals surface area contributed by atoms with E-state index >= 15 is 0 Å². The summed E-state index contributed by atoms with van der Waals surface area (Å²) >= 11 is 0. The highest BCUT2D eigenvalue weighted by Crippen LogP contribution is 2.36. The normalized spacial score (nSPS) is 13.5. The van der Waals surface area contributed by atoms with Gasteiger partial charge in [-0.3, -0.25) is 5.10 Å². The van der Waals surface area contributed by atoms with Crippen molar-refractivity contribution in [1.82, 2.24) is 19.7 Å². The van der Waals surface area contributed by atoms with Crippen LogP contribution in [0.5, 0.6) is 0 Å². The van der Waals surface area contributed by atoms with Crippen molar-refractivity contribution in [2.24, 2.45) is 0 Å². The lowest BCUT2D eigenvalue weighted by molar-refractivity contribution is 0.628. The van der Waals surface area contributed by atoms with Gasteiger partial charge in [0.05, 0.1) is 23.1 Å². The van der Waals surface area contributed by atoms with Crippen molar-refractivity contribution in [2.75, 3.05) is 0 Å². The number of H-pyrrole nitrogens is 1. The van der Waals surface area contributed by atoms with Gasteiger partial charge in [-0.05, 0) is 30.7 Å². The molecule has 0 aliphatic carbocycles. The Balaban J connectivity index is 0.00000157. The molecule has 0 atom stereocenters. The Labute approximate surface area is 139 Å². The Kier molecular flexibility index (Phi) is 2.82. The largest absolute Gasteiger partial charge is 0.327 e. The first-order chi connectivity index (χ1) is 11.8. The Morgan fingerprint density at radius 1 is 1.12 bits per heavy atom. The molecule has 0 saturated heterocycles. The topological polar surface area (TPSA) is 46.5 Å². The van der Waals surface area contributed by atoms with Crippen LogP contribution in [-0.2, 0) is 13.0 Å². The minimum Gasteiger partial charge on any atom is -0.327 e. The third-order valence-electron chi connectivity index (χ3n) is 4.64. The van der Waals surface area contributed by atoms with E-state index in [4.69, 9.17) is 4.98 Å². The molecule has 1 N–H and O–H groups in total. The molecule has 1 aliphatic rings. The van der Waals surface area contributed by atoms with E-state index in [0.29, 0.717) is 0 Å². The van der Waals surface area contributed by atoms with E-state index in [2.05, 4.69) is 26.9 Å². The number of hydrogen-bond acceptors (Lipinski definition) is 2. The van der Waals surface area contributed by atoms with Crippen LogP contribution in [0.3, 0.4) is 0 Å². The third-order valence-corrected chi connectivity index (χ3v) is 4.64. The zero-order valence-corrected chi connectivity index (χ0v) is 13.0. The van der Waals surface area contributed by atoms with Crippen molar-refractivity contribution in [1.29, 1.82) is 0 Å². The van der Waals surface area contributed by atoms with Gasteiger partial charge in [-0.2, -0.15) is 5.10 Å². The Morgan fingerprint density at radius 2 is 2.08 bits per heavy atom. The van der Waals surface area contributed by atoms with Crippen LogP contribution in [0.4, 0.5) is 4.39 Å². The predicted octanol–water partition coefficient (Wildman–Crippen LogP) is 4.42. The average molecular weight is 320 g/mol. The lowest BCUT2D eigenvalue weighted by Gasteiger charge is -2.09. The van der Waals surface area contributed by atoms with Crippen molar-refractivity contribution in [3.05, 3.63) is 60.3 Å².